The van der Waals surface area contributed by atoms with Crippen LogP contribution in [0.4, 0.5) is 8.78 Å². The quantitative estimate of drug-likeness (QED) is 0.614. The summed E-state index contributed by atoms with van der Waals surface area (Å²) in [5.41, 5.74) is 1.48. The SMILES string of the molecule is Cc1onc(-c2ccccc2)c1C(=O)N1CCN(S(=O)(=O)c2ccc(F)cc2F)CC1. The Hall–Kier alpha value is -3.11. The molecule has 3 aromatic rings. The molecule has 1 aromatic heterocycles. The van der Waals surface area contributed by atoms with Crippen molar-refractivity contribution in [2.75, 3.05) is 26.2 Å². The summed E-state index contributed by atoms with van der Waals surface area (Å²) in [7, 11) is -4.15. The number of rotatable bonds is 4. The molecule has 4 rings (SSSR count). The van der Waals surface area contributed by atoms with Crippen LogP contribution in [0, 0.1) is 18.6 Å². The first kappa shape index (κ1) is 21.1. The van der Waals surface area contributed by atoms with E-state index < -0.39 is 26.6 Å². The molecule has 1 aliphatic rings. The van der Waals surface area contributed by atoms with E-state index in [1.165, 1.54) is 4.90 Å². The molecule has 1 amide bonds. The molecule has 1 fully saturated rings. The Morgan fingerprint density at radius 3 is 2.35 bits per heavy atom. The zero-order chi connectivity index (χ0) is 22.2. The highest BCUT2D eigenvalue weighted by molar-refractivity contribution is 7.89. The van der Waals surface area contributed by atoms with E-state index in [-0.39, 0.29) is 32.1 Å². The first-order chi connectivity index (χ1) is 14.8. The van der Waals surface area contributed by atoms with Crippen LogP contribution in [0.1, 0.15) is 16.1 Å². The second-order valence-electron chi connectivity index (χ2n) is 7.10. The Balaban J connectivity index is 1.52. The van der Waals surface area contributed by atoms with Gasteiger partial charge in [0.25, 0.3) is 5.91 Å². The van der Waals surface area contributed by atoms with Gasteiger partial charge in [-0.3, -0.25) is 4.79 Å². The Labute approximate surface area is 177 Å². The standard InChI is InChI=1S/C21H19F2N3O4S/c1-14-19(20(24-30-14)15-5-3-2-4-6-15)21(27)25-9-11-26(12-10-25)31(28,29)18-8-7-16(22)13-17(18)23/h2-8,13H,9-12H2,1H3. The maximum atomic E-state index is 14.0. The second-order valence-corrected chi connectivity index (χ2v) is 9.01. The number of sulfonamides is 1. The van der Waals surface area contributed by atoms with Gasteiger partial charge in [-0.1, -0.05) is 35.5 Å². The van der Waals surface area contributed by atoms with Crippen molar-refractivity contribution in [2.45, 2.75) is 11.8 Å². The molecular weight excluding hydrogens is 428 g/mol. The second kappa shape index (κ2) is 8.20. The highest BCUT2D eigenvalue weighted by atomic mass is 32.2. The van der Waals surface area contributed by atoms with Crippen LogP contribution in [-0.2, 0) is 10.0 Å². The number of carbonyl (C=O) groups is 1. The average Bonchev–Trinajstić information content (AvgIpc) is 3.15. The minimum absolute atomic E-state index is 0.0180. The van der Waals surface area contributed by atoms with E-state index in [1.807, 2.05) is 30.3 Å². The van der Waals surface area contributed by atoms with Gasteiger partial charge in [0, 0.05) is 37.8 Å². The van der Waals surface area contributed by atoms with Crippen molar-refractivity contribution >= 4 is 15.9 Å². The molecule has 10 heteroatoms. The molecule has 162 valence electrons. The number of halogens is 2. The Morgan fingerprint density at radius 2 is 1.71 bits per heavy atom. The fraction of sp³-hybridized carbons (Fsp3) is 0.238. The largest absolute Gasteiger partial charge is 0.360 e. The van der Waals surface area contributed by atoms with E-state index in [2.05, 4.69) is 5.16 Å². The van der Waals surface area contributed by atoms with E-state index >= 15 is 0 Å². The third kappa shape index (κ3) is 3.96. The number of hydrogen-bond donors (Lipinski definition) is 0. The Bertz CT molecular complexity index is 1220. The van der Waals surface area contributed by atoms with Crippen LogP contribution in [0.3, 0.4) is 0 Å². The van der Waals surface area contributed by atoms with Gasteiger partial charge in [-0.2, -0.15) is 4.31 Å². The summed E-state index contributed by atoms with van der Waals surface area (Å²) in [6.45, 7) is 1.83. The molecule has 0 atom stereocenters. The van der Waals surface area contributed by atoms with E-state index in [0.29, 0.717) is 23.1 Å². The summed E-state index contributed by atoms with van der Waals surface area (Å²) in [5, 5.41) is 4.01. The number of piperazine rings is 1. The van der Waals surface area contributed by atoms with Gasteiger partial charge in [0.15, 0.2) is 0 Å². The average molecular weight is 447 g/mol. The van der Waals surface area contributed by atoms with Gasteiger partial charge in [0.2, 0.25) is 10.0 Å². The van der Waals surface area contributed by atoms with Crippen LogP contribution in [0.15, 0.2) is 57.9 Å². The molecule has 31 heavy (non-hydrogen) atoms. The fourth-order valence-corrected chi connectivity index (χ4v) is 5.00. The molecule has 0 saturated carbocycles. The summed E-state index contributed by atoms with van der Waals surface area (Å²) >= 11 is 0. The fourth-order valence-electron chi connectivity index (χ4n) is 3.53. The number of carbonyl (C=O) groups excluding carboxylic acids is 1. The summed E-state index contributed by atoms with van der Waals surface area (Å²) in [6, 6.07) is 11.5. The van der Waals surface area contributed by atoms with Crippen molar-refractivity contribution in [3.63, 3.8) is 0 Å². The zero-order valence-corrected chi connectivity index (χ0v) is 17.4. The molecule has 0 bridgehead atoms. The van der Waals surface area contributed by atoms with E-state index in [9.17, 15) is 22.0 Å². The molecule has 0 unspecified atom stereocenters. The van der Waals surface area contributed by atoms with Gasteiger partial charge < -0.3 is 9.42 Å². The summed E-state index contributed by atoms with van der Waals surface area (Å²) < 4.78 is 59.0. The third-order valence-corrected chi connectivity index (χ3v) is 7.09. The number of benzene rings is 2. The summed E-state index contributed by atoms with van der Waals surface area (Å²) in [6.07, 6.45) is 0. The van der Waals surface area contributed by atoms with Gasteiger partial charge in [0.05, 0.1) is 0 Å². The van der Waals surface area contributed by atoms with Crippen molar-refractivity contribution in [3.8, 4) is 11.3 Å². The lowest BCUT2D eigenvalue weighted by Gasteiger charge is -2.34. The van der Waals surface area contributed by atoms with Gasteiger partial charge in [0.1, 0.15) is 33.5 Å². The molecule has 0 radical (unpaired) electrons. The zero-order valence-electron chi connectivity index (χ0n) is 16.6. The number of hydrogen-bond acceptors (Lipinski definition) is 5. The van der Waals surface area contributed by atoms with E-state index in [1.54, 1.807) is 6.92 Å². The van der Waals surface area contributed by atoms with Gasteiger partial charge in [-0.25, -0.2) is 17.2 Å². The smallest absolute Gasteiger partial charge is 0.259 e. The van der Waals surface area contributed by atoms with Crippen molar-refractivity contribution in [3.05, 3.63) is 71.5 Å². The van der Waals surface area contributed by atoms with Crippen LogP contribution in [-0.4, -0.2) is 54.9 Å². The van der Waals surface area contributed by atoms with E-state index in [0.717, 1.165) is 22.0 Å². The van der Waals surface area contributed by atoms with E-state index in [4.69, 9.17) is 4.52 Å². The lowest BCUT2D eigenvalue weighted by atomic mass is 10.0. The van der Waals surface area contributed by atoms with Gasteiger partial charge in [-0.15, -0.1) is 0 Å². The van der Waals surface area contributed by atoms with Crippen LogP contribution in [0.5, 0.6) is 0 Å². The normalized spacial score (nSPS) is 15.3. The van der Waals surface area contributed by atoms with Crippen LogP contribution in [0.25, 0.3) is 11.3 Å². The van der Waals surface area contributed by atoms with Crippen LogP contribution in [0.2, 0.25) is 0 Å². The molecule has 1 aliphatic heterocycles. The first-order valence-electron chi connectivity index (χ1n) is 9.55. The molecule has 7 nitrogen and oxygen atoms in total. The third-order valence-electron chi connectivity index (χ3n) is 5.16. The number of aryl methyl sites for hydroxylation is 1. The number of aromatic nitrogens is 1. The minimum Gasteiger partial charge on any atom is -0.360 e. The maximum absolute atomic E-state index is 14.0. The molecular formula is C21H19F2N3O4S. The van der Waals surface area contributed by atoms with Crippen LogP contribution >= 0.6 is 0 Å². The highest BCUT2D eigenvalue weighted by Gasteiger charge is 2.34. The highest BCUT2D eigenvalue weighted by Crippen LogP contribution is 2.27. The molecule has 0 N–H and O–H groups in total. The van der Waals surface area contributed by atoms with Crippen molar-refractivity contribution in [1.82, 2.24) is 14.4 Å². The molecule has 2 heterocycles. The predicted molar refractivity (Wildman–Crippen MR) is 108 cm³/mol. The van der Waals surface area contributed by atoms with Crippen LogP contribution < -0.4 is 0 Å². The molecule has 0 spiro atoms. The predicted octanol–water partition coefficient (Wildman–Crippen LogP) is 3.07. The van der Waals surface area contributed by atoms with Gasteiger partial charge in [-0.05, 0) is 19.1 Å². The van der Waals surface area contributed by atoms with Crippen molar-refractivity contribution in [2.24, 2.45) is 0 Å². The first-order valence-corrected chi connectivity index (χ1v) is 11.0. The number of amides is 1. The lowest BCUT2D eigenvalue weighted by molar-refractivity contribution is 0.0696. The lowest BCUT2D eigenvalue weighted by Crippen LogP contribution is -2.50. The monoisotopic (exact) mass is 447 g/mol. The summed E-state index contributed by atoms with van der Waals surface area (Å²) in [4.78, 5) is 14.1. The molecule has 0 aliphatic carbocycles. The Kier molecular flexibility index (Phi) is 5.59. The molecule has 2 aromatic carbocycles. The Morgan fingerprint density at radius 1 is 1.03 bits per heavy atom. The minimum atomic E-state index is -4.15. The topological polar surface area (TPSA) is 83.7 Å². The van der Waals surface area contributed by atoms with Crippen molar-refractivity contribution in [1.29, 1.82) is 0 Å². The summed E-state index contributed by atoms with van der Waals surface area (Å²) in [5.74, 6) is -1.95. The van der Waals surface area contributed by atoms with Gasteiger partial charge >= 0.3 is 0 Å². The van der Waals surface area contributed by atoms with Crippen molar-refractivity contribution < 1.29 is 26.5 Å². The molecule has 1 saturated heterocycles. The number of nitrogens with zero attached hydrogens (tertiary/aromatic N) is 3. The maximum Gasteiger partial charge on any atom is 0.259 e.